The molecule has 4 nitrogen and oxygen atoms in total. The van der Waals surface area contributed by atoms with Crippen molar-refractivity contribution in [1.29, 1.82) is 0 Å². The molecule has 0 bridgehead atoms. The number of rotatable bonds is 2. The zero-order valence-electron chi connectivity index (χ0n) is 12.2. The molecule has 0 aromatic heterocycles. The molecule has 2 aliphatic heterocycles. The second kappa shape index (κ2) is 5.35. The maximum atomic E-state index is 13.1. The lowest BCUT2D eigenvalue weighted by Gasteiger charge is -2.36. The number of nitrogens with zero attached hydrogens (tertiary/aromatic N) is 3. The third kappa shape index (κ3) is 2.37. The van der Waals surface area contributed by atoms with Crippen molar-refractivity contribution in [2.24, 2.45) is 4.99 Å². The Balaban J connectivity index is 1.80. The van der Waals surface area contributed by atoms with Gasteiger partial charge in [0.05, 0.1) is 24.3 Å². The summed E-state index contributed by atoms with van der Waals surface area (Å²) in [6, 6.07) is 11.6. The lowest BCUT2D eigenvalue weighted by Crippen LogP contribution is -2.49. The first-order chi connectivity index (χ1) is 11.1. The maximum Gasteiger partial charge on any atom is 0.262 e. The third-order valence-corrected chi connectivity index (χ3v) is 4.27. The summed E-state index contributed by atoms with van der Waals surface area (Å²) >= 11 is 6.12. The number of anilines is 1. The second-order valence-electron chi connectivity index (χ2n) is 5.51. The average Bonchev–Trinajstić information content (AvgIpc) is 3.03. The van der Waals surface area contributed by atoms with Gasteiger partial charge in [0.15, 0.2) is 0 Å². The Morgan fingerprint density at radius 3 is 2.74 bits per heavy atom. The van der Waals surface area contributed by atoms with Gasteiger partial charge in [0, 0.05) is 11.6 Å². The van der Waals surface area contributed by atoms with Crippen molar-refractivity contribution in [2.45, 2.75) is 6.54 Å². The Morgan fingerprint density at radius 2 is 1.96 bits per heavy atom. The van der Waals surface area contributed by atoms with Crippen molar-refractivity contribution < 1.29 is 9.18 Å². The fourth-order valence-corrected chi connectivity index (χ4v) is 3.12. The van der Waals surface area contributed by atoms with E-state index in [1.807, 2.05) is 4.90 Å². The van der Waals surface area contributed by atoms with Crippen molar-refractivity contribution in [2.75, 3.05) is 18.0 Å². The van der Waals surface area contributed by atoms with Crippen LogP contribution in [0.1, 0.15) is 15.9 Å². The minimum absolute atomic E-state index is 0.0525. The van der Waals surface area contributed by atoms with Crippen LogP contribution in [-0.2, 0) is 6.54 Å². The Labute approximate surface area is 137 Å². The predicted molar refractivity (Wildman–Crippen MR) is 87.4 cm³/mol. The van der Waals surface area contributed by atoms with Crippen LogP contribution in [0.2, 0.25) is 5.02 Å². The highest BCUT2D eigenvalue weighted by Gasteiger charge is 2.37. The van der Waals surface area contributed by atoms with Gasteiger partial charge in [-0.25, -0.2) is 4.39 Å². The Kier molecular flexibility index (Phi) is 3.31. The quantitative estimate of drug-likeness (QED) is 0.847. The van der Waals surface area contributed by atoms with Crippen molar-refractivity contribution >= 4 is 29.2 Å². The topological polar surface area (TPSA) is 35.9 Å². The van der Waals surface area contributed by atoms with E-state index < -0.39 is 0 Å². The average molecular weight is 330 g/mol. The first-order valence-corrected chi connectivity index (χ1v) is 7.69. The number of aliphatic imine (C=N–C) groups is 1. The molecule has 0 unspecified atom stereocenters. The molecule has 2 aromatic rings. The number of amides is 1. The zero-order valence-corrected chi connectivity index (χ0v) is 12.9. The lowest BCUT2D eigenvalue weighted by atomic mass is 10.1. The van der Waals surface area contributed by atoms with E-state index in [1.165, 1.54) is 12.1 Å². The Bertz CT molecular complexity index is 819. The second-order valence-corrected chi connectivity index (χ2v) is 5.95. The van der Waals surface area contributed by atoms with E-state index in [0.717, 1.165) is 11.3 Å². The molecule has 0 spiro atoms. The van der Waals surface area contributed by atoms with E-state index in [9.17, 15) is 9.18 Å². The summed E-state index contributed by atoms with van der Waals surface area (Å²) in [5.74, 6) is 0.309. The summed E-state index contributed by atoms with van der Waals surface area (Å²) < 4.78 is 13.1. The highest BCUT2D eigenvalue weighted by Crippen LogP contribution is 2.33. The van der Waals surface area contributed by atoms with Gasteiger partial charge < -0.3 is 4.90 Å². The summed E-state index contributed by atoms with van der Waals surface area (Å²) in [6.07, 6.45) is 0. The van der Waals surface area contributed by atoms with Gasteiger partial charge in [-0.2, -0.15) is 0 Å². The fraction of sp³-hybridized carbons (Fsp3) is 0.176. The molecule has 6 heteroatoms. The van der Waals surface area contributed by atoms with Gasteiger partial charge in [0.25, 0.3) is 5.91 Å². The largest absolute Gasteiger partial charge is 0.307 e. The minimum Gasteiger partial charge on any atom is -0.307 e. The molecule has 1 amide bonds. The van der Waals surface area contributed by atoms with Crippen molar-refractivity contribution in [1.82, 2.24) is 4.90 Å². The summed E-state index contributed by atoms with van der Waals surface area (Å²) in [5, 5.41) is 0.563. The number of carbonyl (C=O) groups is 1. The van der Waals surface area contributed by atoms with Gasteiger partial charge in [-0.3, -0.25) is 14.7 Å². The number of hydrogen-bond donors (Lipinski definition) is 0. The Hall–Kier alpha value is -2.40. The van der Waals surface area contributed by atoms with Crippen LogP contribution in [0.15, 0.2) is 47.5 Å². The molecule has 116 valence electrons. The number of benzene rings is 2. The van der Waals surface area contributed by atoms with E-state index in [-0.39, 0.29) is 11.7 Å². The fourth-order valence-electron chi connectivity index (χ4n) is 2.95. The molecule has 0 N–H and O–H groups in total. The zero-order chi connectivity index (χ0) is 16.0. The van der Waals surface area contributed by atoms with Crippen LogP contribution in [0, 0.1) is 5.82 Å². The highest BCUT2D eigenvalue weighted by atomic mass is 35.5. The molecule has 0 radical (unpaired) electrons. The SMILES string of the molecule is O=C1c2ccc(Cl)cc2N(Cc2ccc(F)cc2)C2=NCCN12. The van der Waals surface area contributed by atoms with Gasteiger partial charge >= 0.3 is 0 Å². The summed E-state index contributed by atoms with van der Waals surface area (Å²) in [7, 11) is 0. The van der Waals surface area contributed by atoms with Gasteiger partial charge in [-0.1, -0.05) is 23.7 Å². The first-order valence-electron chi connectivity index (χ1n) is 7.31. The van der Waals surface area contributed by atoms with Crippen LogP contribution >= 0.6 is 11.6 Å². The molecule has 0 saturated heterocycles. The molecule has 2 heterocycles. The van der Waals surface area contributed by atoms with Crippen molar-refractivity contribution in [3.63, 3.8) is 0 Å². The maximum absolute atomic E-state index is 13.1. The van der Waals surface area contributed by atoms with E-state index in [4.69, 9.17) is 11.6 Å². The molecule has 2 aromatic carbocycles. The van der Waals surface area contributed by atoms with Gasteiger partial charge in [-0.05, 0) is 35.9 Å². The summed E-state index contributed by atoms with van der Waals surface area (Å²) in [5.41, 5.74) is 2.28. The molecule has 23 heavy (non-hydrogen) atoms. The van der Waals surface area contributed by atoms with E-state index in [2.05, 4.69) is 4.99 Å². The highest BCUT2D eigenvalue weighted by molar-refractivity contribution is 6.31. The molecule has 0 atom stereocenters. The number of fused-ring (bicyclic) bond motifs is 2. The van der Waals surface area contributed by atoms with Crippen molar-refractivity contribution in [3.05, 3.63) is 64.4 Å². The third-order valence-electron chi connectivity index (χ3n) is 4.04. The molecule has 0 aliphatic carbocycles. The number of hydrogen-bond acceptors (Lipinski definition) is 3. The molecular weight excluding hydrogens is 317 g/mol. The molecule has 0 fully saturated rings. The van der Waals surface area contributed by atoms with Crippen LogP contribution in [0.5, 0.6) is 0 Å². The van der Waals surface area contributed by atoms with E-state index >= 15 is 0 Å². The van der Waals surface area contributed by atoms with Crippen LogP contribution < -0.4 is 4.90 Å². The number of guanidine groups is 1. The van der Waals surface area contributed by atoms with E-state index in [1.54, 1.807) is 35.2 Å². The van der Waals surface area contributed by atoms with Crippen LogP contribution in [0.4, 0.5) is 10.1 Å². The molecule has 4 rings (SSSR count). The van der Waals surface area contributed by atoms with Gasteiger partial charge in [0.2, 0.25) is 5.96 Å². The summed E-state index contributed by atoms with van der Waals surface area (Å²) in [6.45, 7) is 1.66. The smallest absolute Gasteiger partial charge is 0.262 e. The van der Waals surface area contributed by atoms with Gasteiger partial charge in [0.1, 0.15) is 5.82 Å². The molecule has 0 saturated carbocycles. The standard InChI is InChI=1S/C17H13ClFN3O/c18-12-3-6-14-15(9-12)22(10-11-1-4-13(19)5-2-11)17-20-7-8-21(17)16(14)23/h1-6,9H,7-8,10H2. The first kappa shape index (κ1) is 14.2. The monoisotopic (exact) mass is 329 g/mol. The number of carbonyl (C=O) groups excluding carboxylic acids is 1. The van der Waals surface area contributed by atoms with Gasteiger partial charge in [-0.15, -0.1) is 0 Å². The minimum atomic E-state index is -0.272. The van der Waals surface area contributed by atoms with Crippen LogP contribution in [0.25, 0.3) is 0 Å². The Morgan fingerprint density at radius 1 is 1.17 bits per heavy atom. The lowest BCUT2D eigenvalue weighted by molar-refractivity contribution is 0.0851. The molecular formula is C17H13ClFN3O. The predicted octanol–water partition coefficient (Wildman–Crippen LogP) is 3.31. The van der Waals surface area contributed by atoms with Crippen molar-refractivity contribution in [3.8, 4) is 0 Å². The van der Waals surface area contributed by atoms with Crippen LogP contribution in [0.3, 0.4) is 0 Å². The summed E-state index contributed by atoms with van der Waals surface area (Å²) in [4.78, 5) is 20.7. The number of halogens is 2. The van der Waals surface area contributed by atoms with Crippen LogP contribution in [-0.4, -0.2) is 29.9 Å². The molecule has 2 aliphatic rings. The normalized spacial score (nSPS) is 16.3. The van der Waals surface area contributed by atoms with E-state index in [0.29, 0.717) is 36.2 Å².